The second kappa shape index (κ2) is 6.57. The molecule has 2 aromatic heterocycles. The molecule has 3 rings (SSSR count). The van der Waals surface area contributed by atoms with E-state index < -0.39 is 0 Å². The number of aryl methyl sites for hydroxylation is 1. The molecule has 0 bridgehead atoms. The van der Waals surface area contributed by atoms with Crippen molar-refractivity contribution in [2.24, 2.45) is 7.05 Å². The summed E-state index contributed by atoms with van der Waals surface area (Å²) in [7, 11) is 2.04. The van der Waals surface area contributed by atoms with Gasteiger partial charge in [-0.1, -0.05) is 17.8 Å². The standard InChI is InChI=1S/C17H21N3OS/c1-13(22-16-9-3-4-10-18-16)17(21)20-12-6-8-15(20)14-7-5-11-19(14)2/h3-5,7,9-11,13,15H,6,8,12H2,1-2H3/t13-,15-/m1/s1. The van der Waals surface area contributed by atoms with Crippen molar-refractivity contribution in [1.82, 2.24) is 14.5 Å². The maximum atomic E-state index is 12.8. The van der Waals surface area contributed by atoms with Gasteiger partial charge in [-0.2, -0.15) is 0 Å². The molecule has 0 aliphatic carbocycles. The van der Waals surface area contributed by atoms with Crippen LogP contribution in [0.15, 0.2) is 47.8 Å². The highest BCUT2D eigenvalue weighted by Crippen LogP contribution is 2.34. The third-order valence-corrected chi connectivity index (χ3v) is 5.18. The Morgan fingerprint density at radius 2 is 2.23 bits per heavy atom. The molecule has 5 heteroatoms. The van der Waals surface area contributed by atoms with Gasteiger partial charge in [0.2, 0.25) is 5.91 Å². The van der Waals surface area contributed by atoms with E-state index in [0.29, 0.717) is 0 Å². The Labute approximate surface area is 135 Å². The van der Waals surface area contributed by atoms with Crippen LogP contribution in [0.3, 0.4) is 0 Å². The summed E-state index contributed by atoms with van der Waals surface area (Å²) in [6, 6.07) is 10.2. The molecular weight excluding hydrogens is 294 g/mol. The summed E-state index contributed by atoms with van der Waals surface area (Å²) in [5.74, 6) is 0.208. The minimum Gasteiger partial charge on any atom is -0.353 e. The molecule has 0 radical (unpaired) electrons. The summed E-state index contributed by atoms with van der Waals surface area (Å²) in [4.78, 5) is 19.2. The average Bonchev–Trinajstić information content (AvgIpc) is 3.15. The Hall–Kier alpha value is -1.75. The molecule has 1 aliphatic heterocycles. The highest BCUT2D eigenvalue weighted by Gasteiger charge is 2.33. The molecule has 0 N–H and O–H groups in total. The van der Waals surface area contributed by atoms with Crippen LogP contribution >= 0.6 is 11.8 Å². The van der Waals surface area contributed by atoms with E-state index >= 15 is 0 Å². The molecule has 1 saturated heterocycles. The molecule has 1 aliphatic rings. The molecule has 0 unspecified atom stereocenters. The first-order chi connectivity index (χ1) is 10.7. The second-order valence-electron chi connectivity index (χ2n) is 5.66. The number of hydrogen-bond donors (Lipinski definition) is 0. The molecule has 1 amide bonds. The summed E-state index contributed by atoms with van der Waals surface area (Å²) < 4.78 is 2.12. The Morgan fingerprint density at radius 3 is 2.91 bits per heavy atom. The van der Waals surface area contributed by atoms with Crippen LogP contribution in [-0.2, 0) is 11.8 Å². The van der Waals surface area contributed by atoms with Gasteiger partial charge in [0.15, 0.2) is 0 Å². The van der Waals surface area contributed by atoms with Crippen molar-refractivity contribution in [3.63, 3.8) is 0 Å². The fraction of sp³-hybridized carbons (Fsp3) is 0.412. The monoisotopic (exact) mass is 315 g/mol. The fourth-order valence-corrected chi connectivity index (χ4v) is 3.92. The van der Waals surface area contributed by atoms with Crippen molar-refractivity contribution < 1.29 is 4.79 Å². The molecule has 1 fully saturated rings. The van der Waals surface area contributed by atoms with E-state index in [9.17, 15) is 4.79 Å². The molecule has 0 saturated carbocycles. The van der Waals surface area contributed by atoms with E-state index in [1.165, 1.54) is 17.5 Å². The Morgan fingerprint density at radius 1 is 1.36 bits per heavy atom. The lowest BCUT2D eigenvalue weighted by molar-refractivity contribution is -0.131. The number of carbonyl (C=O) groups is 1. The number of amides is 1. The highest BCUT2D eigenvalue weighted by molar-refractivity contribution is 8.00. The number of carbonyl (C=O) groups excluding carboxylic acids is 1. The minimum atomic E-state index is -0.115. The number of pyridine rings is 1. The lowest BCUT2D eigenvalue weighted by Gasteiger charge is -2.27. The van der Waals surface area contributed by atoms with Crippen molar-refractivity contribution >= 4 is 17.7 Å². The van der Waals surface area contributed by atoms with Crippen molar-refractivity contribution in [2.75, 3.05) is 6.54 Å². The highest BCUT2D eigenvalue weighted by atomic mass is 32.2. The minimum absolute atomic E-state index is 0.115. The van der Waals surface area contributed by atoms with Gasteiger partial charge in [0.25, 0.3) is 0 Å². The van der Waals surface area contributed by atoms with Crippen molar-refractivity contribution in [1.29, 1.82) is 0 Å². The molecule has 2 aromatic rings. The Balaban J connectivity index is 1.72. The molecule has 2 atom stereocenters. The van der Waals surface area contributed by atoms with Crippen molar-refractivity contribution in [3.8, 4) is 0 Å². The maximum Gasteiger partial charge on any atom is 0.236 e. The van der Waals surface area contributed by atoms with Crippen LogP contribution in [0.4, 0.5) is 0 Å². The van der Waals surface area contributed by atoms with E-state index in [0.717, 1.165) is 24.4 Å². The van der Waals surface area contributed by atoms with Crippen LogP contribution in [0.5, 0.6) is 0 Å². The number of thioether (sulfide) groups is 1. The van der Waals surface area contributed by atoms with Gasteiger partial charge in [-0.3, -0.25) is 4.79 Å². The summed E-state index contributed by atoms with van der Waals surface area (Å²) >= 11 is 1.53. The van der Waals surface area contributed by atoms with Gasteiger partial charge in [0.1, 0.15) is 0 Å². The number of rotatable bonds is 4. The van der Waals surface area contributed by atoms with Crippen LogP contribution in [0.1, 0.15) is 31.5 Å². The zero-order valence-electron chi connectivity index (χ0n) is 13.0. The van der Waals surface area contributed by atoms with Gasteiger partial charge < -0.3 is 9.47 Å². The Bertz CT molecular complexity index is 640. The van der Waals surface area contributed by atoms with Gasteiger partial charge in [-0.25, -0.2) is 4.98 Å². The Kier molecular flexibility index (Phi) is 4.52. The first kappa shape index (κ1) is 15.2. The van der Waals surface area contributed by atoms with Gasteiger partial charge in [-0.15, -0.1) is 0 Å². The molecule has 0 aromatic carbocycles. The van der Waals surface area contributed by atoms with Crippen LogP contribution in [-0.4, -0.2) is 32.2 Å². The normalized spacial score (nSPS) is 19.4. The van der Waals surface area contributed by atoms with Crippen LogP contribution in [0.2, 0.25) is 0 Å². The number of hydrogen-bond acceptors (Lipinski definition) is 3. The van der Waals surface area contributed by atoms with Gasteiger partial charge in [-0.05, 0) is 44.0 Å². The molecular formula is C17H21N3OS. The van der Waals surface area contributed by atoms with E-state index in [2.05, 4.69) is 15.6 Å². The smallest absolute Gasteiger partial charge is 0.236 e. The third-order valence-electron chi connectivity index (χ3n) is 4.14. The molecule has 116 valence electrons. The summed E-state index contributed by atoms with van der Waals surface area (Å²) in [5.41, 5.74) is 1.22. The first-order valence-electron chi connectivity index (χ1n) is 7.66. The van der Waals surface area contributed by atoms with Crippen LogP contribution in [0.25, 0.3) is 0 Å². The van der Waals surface area contributed by atoms with E-state index in [1.54, 1.807) is 6.20 Å². The number of nitrogens with zero attached hydrogens (tertiary/aromatic N) is 3. The molecule has 4 nitrogen and oxygen atoms in total. The average molecular weight is 315 g/mol. The van der Waals surface area contributed by atoms with E-state index in [4.69, 9.17) is 0 Å². The van der Waals surface area contributed by atoms with E-state index in [-0.39, 0.29) is 17.2 Å². The molecule has 22 heavy (non-hydrogen) atoms. The zero-order chi connectivity index (χ0) is 15.5. The number of likely N-dealkylation sites (tertiary alicyclic amines) is 1. The van der Waals surface area contributed by atoms with Gasteiger partial charge in [0.05, 0.1) is 16.3 Å². The quantitative estimate of drug-likeness (QED) is 0.813. The molecule has 3 heterocycles. The van der Waals surface area contributed by atoms with Crippen LogP contribution < -0.4 is 0 Å². The SMILES string of the molecule is C[C@@H](Sc1ccccn1)C(=O)N1CCC[C@@H]1c1cccn1C. The first-order valence-corrected chi connectivity index (χ1v) is 8.54. The van der Waals surface area contributed by atoms with E-state index in [1.807, 2.05) is 49.3 Å². The second-order valence-corrected chi connectivity index (χ2v) is 7.02. The largest absolute Gasteiger partial charge is 0.353 e. The predicted octanol–water partition coefficient (Wildman–Crippen LogP) is 3.26. The third kappa shape index (κ3) is 3.04. The lowest BCUT2D eigenvalue weighted by Crippen LogP contribution is -2.36. The summed E-state index contributed by atoms with van der Waals surface area (Å²) in [6.07, 6.45) is 5.93. The van der Waals surface area contributed by atoms with Gasteiger partial charge >= 0.3 is 0 Å². The topological polar surface area (TPSA) is 38.1 Å². The van der Waals surface area contributed by atoms with Crippen LogP contribution in [0, 0.1) is 0 Å². The summed E-state index contributed by atoms with van der Waals surface area (Å²) in [5, 5.41) is 0.786. The number of aromatic nitrogens is 2. The fourth-order valence-electron chi connectivity index (χ4n) is 3.04. The molecule has 0 spiro atoms. The maximum absolute atomic E-state index is 12.8. The van der Waals surface area contributed by atoms with Crippen molar-refractivity contribution in [2.45, 2.75) is 36.1 Å². The van der Waals surface area contributed by atoms with Gasteiger partial charge in [0, 0.05) is 31.7 Å². The lowest BCUT2D eigenvalue weighted by atomic mass is 10.1. The van der Waals surface area contributed by atoms with Crippen molar-refractivity contribution in [3.05, 3.63) is 48.4 Å². The summed E-state index contributed by atoms with van der Waals surface area (Å²) in [6.45, 7) is 2.82. The predicted molar refractivity (Wildman–Crippen MR) is 88.7 cm³/mol. The zero-order valence-corrected chi connectivity index (χ0v) is 13.8.